The summed E-state index contributed by atoms with van der Waals surface area (Å²) in [6.45, 7) is 3.26. The highest BCUT2D eigenvalue weighted by atomic mass is 16.4. The van der Waals surface area contributed by atoms with Gasteiger partial charge < -0.3 is 10.0 Å². The second-order valence-electron chi connectivity index (χ2n) is 3.86. The van der Waals surface area contributed by atoms with Gasteiger partial charge in [0.1, 0.15) is 5.82 Å². The lowest BCUT2D eigenvalue weighted by Gasteiger charge is -2.41. The van der Waals surface area contributed by atoms with Crippen molar-refractivity contribution in [3.8, 4) is 0 Å². The first kappa shape index (κ1) is 9.89. The van der Waals surface area contributed by atoms with Crippen LogP contribution in [0.5, 0.6) is 0 Å². The number of hydrogen-bond acceptors (Lipinski definition) is 4. The van der Waals surface area contributed by atoms with Crippen molar-refractivity contribution in [1.29, 1.82) is 0 Å². The Balaban J connectivity index is 1.91. The van der Waals surface area contributed by atoms with E-state index in [2.05, 4.69) is 9.97 Å². The van der Waals surface area contributed by atoms with E-state index < -0.39 is 5.97 Å². The zero-order chi connectivity index (χ0) is 10.8. The molecule has 1 fully saturated rings. The molecule has 5 heteroatoms. The average molecular weight is 207 g/mol. The van der Waals surface area contributed by atoms with Crippen LogP contribution in [0.25, 0.3) is 0 Å². The summed E-state index contributed by atoms with van der Waals surface area (Å²) < 4.78 is 0. The van der Waals surface area contributed by atoms with E-state index >= 15 is 0 Å². The van der Waals surface area contributed by atoms with Gasteiger partial charge in [0.2, 0.25) is 0 Å². The molecule has 1 atom stereocenters. The van der Waals surface area contributed by atoms with Crippen LogP contribution < -0.4 is 4.90 Å². The topological polar surface area (TPSA) is 66.3 Å². The maximum atomic E-state index is 10.7. The summed E-state index contributed by atoms with van der Waals surface area (Å²) >= 11 is 0. The summed E-state index contributed by atoms with van der Waals surface area (Å²) in [5.74, 6) is 0.0487. The van der Waals surface area contributed by atoms with Crippen molar-refractivity contribution in [3.63, 3.8) is 0 Å². The van der Waals surface area contributed by atoms with Crippen molar-refractivity contribution in [1.82, 2.24) is 9.97 Å². The number of nitrogens with zero attached hydrogens (tertiary/aromatic N) is 3. The fourth-order valence-electron chi connectivity index (χ4n) is 1.67. The zero-order valence-corrected chi connectivity index (χ0v) is 8.50. The Kier molecular flexibility index (Phi) is 2.53. The maximum absolute atomic E-state index is 10.7. The molecule has 80 valence electrons. The molecule has 2 rings (SSSR count). The zero-order valence-electron chi connectivity index (χ0n) is 8.50. The lowest BCUT2D eigenvalue weighted by molar-refractivity contribution is -0.143. The monoisotopic (exact) mass is 207 g/mol. The van der Waals surface area contributed by atoms with E-state index in [0.29, 0.717) is 0 Å². The molecular weight excluding hydrogens is 194 g/mol. The molecule has 1 aromatic rings. The van der Waals surface area contributed by atoms with Gasteiger partial charge in [-0.2, -0.15) is 0 Å². The lowest BCUT2D eigenvalue weighted by Crippen LogP contribution is -2.51. The Hall–Kier alpha value is -1.65. The van der Waals surface area contributed by atoms with Crippen LogP contribution in [0.1, 0.15) is 6.92 Å². The highest BCUT2D eigenvalue weighted by molar-refractivity contribution is 5.70. The van der Waals surface area contributed by atoms with E-state index in [1.165, 1.54) is 0 Å². The van der Waals surface area contributed by atoms with Crippen LogP contribution in [0, 0.1) is 11.8 Å². The standard InChI is InChI=1S/C10H13N3O2/c1-7(10(14)15)8-5-13(6-8)9-4-11-2-3-12-9/h2-4,7-8H,5-6H2,1H3,(H,14,15). The molecule has 1 saturated heterocycles. The van der Waals surface area contributed by atoms with Gasteiger partial charge in [-0.1, -0.05) is 6.92 Å². The quantitative estimate of drug-likeness (QED) is 0.787. The number of carbonyl (C=O) groups is 1. The second kappa shape index (κ2) is 3.84. The Morgan fingerprint density at radius 1 is 1.60 bits per heavy atom. The molecule has 1 unspecified atom stereocenters. The van der Waals surface area contributed by atoms with Crippen molar-refractivity contribution >= 4 is 11.8 Å². The largest absolute Gasteiger partial charge is 0.481 e. The summed E-state index contributed by atoms with van der Waals surface area (Å²) in [6, 6.07) is 0. The van der Waals surface area contributed by atoms with Crippen LogP contribution >= 0.6 is 0 Å². The van der Waals surface area contributed by atoms with Crippen LogP contribution in [-0.4, -0.2) is 34.1 Å². The van der Waals surface area contributed by atoms with E-state index in [1.54, 1.807) is 25.5 Å². The molecule has 0 aliphatic carbocycles. The summed E-state index contributed by atoms with van der Waals surface area (Å²) in [6.07, 6.45) is 4.96. The predicted octanol–water partition coefficient (Wildman–Crippen LogP) is 0.633. The Bertz CT molecular complexity index is 349. The van der Waals surface area contributed by atoms with Gasteiger partial charge >= 0.3 is 5.97 Å². The highest BCUT2D eigenvalue weighted by Crippen LogP contribution is 2.27. The molecule has 0 aromatic carbocycles. The third-order valence-corrected chi connectivity index (χ3v) is 2.88. The maximum Gasteiger partial charge on any atom is 0.306 e. The van der Waals surface area contributed by atoms with E-state index in [0.717, 1.165) is 18.9 Å². The first-order chi connectivity index (χ1) is 7.18. The van der Waals surface area contributed by atoms with E-state index in [-0.39, 0.29) is 11.8 Å². The highest BCUT2D eigenvalue weighted by Gasteiger charge is 2.35. The van der Waals surface area contributed by atoms with Crippen LogP contribution in [0.4, 0.5) is 5.82 Å². The molecule has 2 heterocycles. The Labute approximate surface area is 87.8 Å². The number of rotatable bonds is 3. The molecule has 5 nitrogen and oxygen atoms in total. The minimum absolute atomic E-state index is 0.226. The van der Waals surface area contributed by atoms with Crippen LogP contribution in [0.2, 0.25) is 0 Å². The van der Waals surface area contributed by atoms with Crippen molar-refractivity contribution in [2.24, 2.45) is 11.8 Å². The van der Waals surface area contributed by atoms with Gasteiger partial charge in [-0.3, -0.25) is 9.78 Å². The first-order valence-corrected chi connectivity index (χ1v) is 4.92. The van der Waals surface area contributed by atoms with Gasteiger partial charge in [-0.25, -0.2) is 4.98 Å². The molecular formula is C10H13N3O2. The average Bonchev–Trinajstić information content (AvgIpc) is 2.17. The van der Waals surface area contributed by atoms with E-state index in [4.69, 9.17) is 5.11 Å². The molecule has 0 radical (unpaired) electrons. The van der Waals surface area contributed by atoms with E-state index in [1.807, 2.05) is 4.90 Å². The Morgan fingerprint density at radius 2 is 2.33 bits per heavy atom. The predicted molar refractivity (Wildman–Crippen MR) is 54.5 cm³/mol. The van der Waals surface area contributed by atoms with Gasteiger partial charge in [0.25, 0.3) is 0 Å². The number of carboxylic acid groups (broad SMARTS) is 1. The molecule has 1 N–H and O–H groups in total. The minimum Gasteiger partial charge on any atom is -0.481 e. The fraction of sp³-hybridized carbons (Fsp3) is 0.500. The molecule has 0 bridgehead atoms. The normalized spacial score (nSPS) is 18.3. The number of hydrogen-bond donors (Lipinski definition) is 1. The summed E-state index contributed by atoms with van der Waals surface area (Å²) in [4.78, 5) is 20.9. The van der Waals surface area contributed by atoms with Gasteiger partial charge in [0.15, 0.2) is 0 Å². The second-order valence-corrected chi connectivity index (χ2v) is 3.86. The Morgan fingerprint density at radius 3 is 2.87 bits per heavy atom. The van der Waals surface area contributed by atoms with Crippen molar-refractivity contribution in [3.05, 3.63) is 18.6 Å². The molecule has 15 heavy (non-hydrogen) atoms. The van der Waals surface area contributed by atoms with Gasteiger partial charge in [-0.05, 0) is 0 Å². The number of anilines is 1. The third-order valence-electron chi connectivity index (χ3n) is 2.88. The first-order valence-electron chi connectivity index (χ1n) is 4.92. The fourth-order valence-corrected chi connectivity index (χ4v) is 1.67. The minimum atomic E-state index is -0.723. The summed E-state index contributed by atoms with van der Waals surface area (Å²) in [5.41, 5.74) is 0. The summed E-state index contributed by atoms with van der Waals surface area (Å²) in [7, 11) is 0. The van der Waals surface area contributed by atoms with Gasteiger partial charge in [0, 0.05) is 31.4 Å². The number of aromatic nitrogens is 2. The van der Waals surface area contributed by atoms with Gasteiger partial charge in [-0.15, -0.1) is 0 Å². The molecule has 0 saturated carbocycles. The number of aliphatic carboxylic acids is 1. The van der Waals surface area contributed by atoms with Crippen LogP contribution in [-0.2, 0) is 4.79 Å². The number of carboxylic acids is 1. The van der Waals surface area contributed by atoms with Crippen LogP contribution in [0.15, 0.2) is 18.6 Å². The molecule has 0 amide bonds. The van der Waals surface area contributed by atoms with Crippen molar-refractivity contribution in [2.45, 2.75) is 6.92 Å². The molecule has 1 aliphatic rings. The lowest BCUT2D eigenvalue weighted by atomic mass is 9.87. The SMILES string of the molecule is CC(C(=O)O)C1CN(c2cnccn2)C1. The van der Waals surface area contributed by atoms with Crippen LogP contribution in [0.3, 0.4) is 0 Å². The van der Waals surface area contributed by atoms with Crippen molar-refractivity contribution < 1.29 is 9.90 Å². The third kappa shape index (κ3) is 1.91. The smallest absolute Gasteiger partial charge is 0.306 e. The van der Waals surface area contributed by atoms with Crippen molar-refractivity contribution in [2.75, 3.05) is 18.0 Å². The molecule has 0 spiro atoms. The molecule has 1 aliphatic heterocycles. The molecule has 1 aromatic heterocycles. The van der Waals surface area contributed by atoms with Gasteiger partial charge in [0.05, 0.1) is 12.1 Å². The summed E-state index contributed by atoms with van der Waals surface area (Å²) in [5, 5.41) is 8.83. The van der Waals surface area contributed by atoms with E-state index in [9.17, 15) is 4.79 Å².